The van der Waals surface area contributed by atoms with Gasteiger partial charge < -0.3 is 10.4 Å². The van der Waals surface area contributed by atoms with Gasteiger partial charge in [0, 0.05) is 16.2 Å². The van der Waals surface area contributed by atoms with Gasteiger partial charge in [-0.3, -0.25) is 0 Å². The SMILES string of the molecule is Cc1cc(Br)cc(NC(C)C(C)O)c1. The van der Waals surface area contributed by atoms with Crippen LogP contribution in [0.25, 0.3) is 0 Å². The molecule has 78 valence electrons. The lowest BCUT2D eigenvalue weighted by Gasteiger charge is -2.18. The van der Waals surface area contributed by atoms with Crippen molar-refractivity contribution in [2.75, 3.05) is 5.32 Å². The summed E-state index contributed by atoms with van der Waals surface area (Å²) in [5.74, 6) is 0. The number of rotatable bonds is 3. The molecule has 2 unspecified atom stereocenters. The fourth-order valence-electron chi connectivity index (χ4n) is 1.20. The number of hydrogen-bond donors (Lipinski definition) is 2. The summed E-state index contributed by atoms with van der Waals surface area (Å²) in [6.07, 6.45) is -0.353. The van der Waals surface area contributed by atoms with Crippen LogP contribution in [0.2, 0.25) is 0 Å². The maximum absolute atomic E-state index is 9.35. The molecule has 1 aromatic carbocycles. The van der Waals surface area contributed by atoms with Crippen LogP contribution in [0.4, 0.5) is 5.69 Å². The second-order valence-electron chi connectivity index (χ2n) is 3.69. The first-order chi connectivity index (χ1) is 6.49. The van der Waals surface area contributed by atoms with Gasteiger partial charge in [-0.15, -0.1) is 0 Å². The molecule has 0 heterocycles. The van der Waals surface area contributed by atoms with E-state index in [0.29, 0.717) is 0 Å². The Balaban J connectivity index is 2.76. The third-order valence-electron chi connectivity index (χ3n) is 2.16. The van der Waals surface area contributed by atoms with Crippen LogP contribution in [0.1, 0.15) is 19.4 Å². The molecule has 0 saturated heterocycles. The number of aryl methyl sites for hydroxylation is 1. The van der Waals surface area contributed by atoms with Gasteiger partial charge in [-0.1, -0.05) is 15.9 Å². The van der Waals surface area contributed by atoms with Gasteiger partial charge in [0.1, 0.15) is 0 Å². The zero-order valence-electron chi connectivity index (χ0n) is 8.71. The van der Waals surface area contributed by atoms with Gasteiger partial charge in [-0.2, -0.15) is 0 Å². The molecule has 2 atom stereocenters. The summed E-state index contributed by atoms with van der Waals surface area (Å²) in [5.41, 5.74) is 2.23. The van der Waals surface area contributed by atoms with E-state index in [9.17, 15) is 5.11 Å². The van der Waals surface area contributed by atoms with Crippen molar-refractivity contribution in [2.45, 2.75) is 32.9 Å². The Bertz CT molecular complexity index is 292. The molecule has 3 heteroatoms. The molecule has 2 N–H and O–H groups in total. The van der Waals surface area contributed by atoms with Crippen LogP contribution >= 0.6 is 15.9 Å². The second-order valence-corrected chi connectivity index (χ2v) is 4.61. The molecule has 0 radical (unpaired) electrons. The van der Waals surface area contributed by atoms with E-state index in [1.54, 1.807) is 6.92 Å². The number of nitrogens with one attached hydrogen (secondary N) is 1. The Kier molecular flexibility index (Phi) is 3.96. The van der Waals surface area contributed by atoms with Crippen LogP contribution in [0.3, 0.4) is 0 Å². The van der Waals surface area contributed by atoms with Gasteiger partial charge in [-0.25, -0.2) is 0 Å². The van der Waals surface area contributed by atoms with Crippen LogP contribution < -0.4 is 5.32 Å². The minimum atomic E-state index is -0.353. The van der Waals surface area contributed by atoms with Crippen molar-refractivity contribution >= 4 is 21.6 Å². The van der Waals surface area contributed by atoms with E-state index < -0.39 is 0 Å². The predicted molar refractivity (Wildman–Crippen MR) is 63.6 cm³/mol. The van der Waals surface area contributed by atoms with E-state index in [2.05, 4.69) is 33.4 Å². The molecule has 0 amide bonds. The molecule has 0 aliphatic heterocycles. The molecular weight excluding hydrogens is 242 g/mol. The first-order valence-corrected chi connectivity index (χ1v) is 5.50. The Hall–Kier alpha value is -0.540. The molecule has 1 aromatic rings. The van der Waals surface area contributed by atoms with Crippen molar-refractivity contribution in [1.82, 2.24) is 0 Å². The molecule has 0 aliphatic carbocycles. The Morgan fingerprint density at radius 2 is 1.93 bits per heavy atom. The maximum Gasteiger partial charge on any atom is 0.0710 e. The third kappa shape index (κ3) is 3.31. The fourth-order valence-corrected chi connectivity index (χ4v) is 1.81. The first-order valence-electron chi connectivity index (χ1n) is 4.71. The van der Waals surface area contributed by atoms with Gasteiger partial charge in [0.2, 0.25) is 0 Å². The fraction of sp³-hybridized carbons (Fsp3) is 0.455. The normalized spacial score (nSPS) is 14.9. The van der Waals surface area contributed by atoms with Gasteiger partial charge in [0.25, 0.3) is 0 Å². The Morgan fingerprint density at radius 1 is 1.29 bits per heavy atom. The average Bonchev–Trinajstić information content (AvgIpc) is 2.01. The molecule has 14 heavy (non-hydrogen) atoms. The summed E-state index contributed by atoms with van der Waals surface area (Å²) in [5, 5.41) is 12.6. The van der Waals surface area contributed by atoms with E-state index in [4.69, 9.17) is 0 Å². The van der Waals surface area contributed by atoms with E-state index in [1.165, 1.54) is 5.56 Å². The van der Waals surface area contributed by atoms with Crippen molar-refractivity contribution in [2.24, 2.45) is 0 Å². The van der Waals surface area contributed by atoms with Gasteiger partial charge in [0.05, 0.1) is 6.10 Å². The summed E-state index contributed by atoms with van der Waals surface area (Å²) in [6, 6.07) is 6.18. The molecule has 0 aliphatic rings. The van der Waals surface area contributed by atoms with E-state index >= 15 is 0 Å². The summed E-state index contributed by atoms with van der Waals surface area (Å²) in [7, 11) is 0. The zero-order chi connectivity index (χ0) is 10.7. The van der Waals surface area contributed by atoms with E-state index in [-0.39, 0.29) is 12.1 Å². The maximum atomic E-state index is 9.35. The Labute approximate surface area is 93.5 Å². The topological polar surface area (TPSA) is 32.3 Å². The molecule has 0 bridgehead atoms. The standard InChI is InChI=1S/C11H16BrNO/c1-7-4-10(12)6-11(5-7)13-8(2)9(3)14/h4-6,8-9,13-14H,1-3H3. The minimum Gasteiger partial charge on any atom is -0.391 e. The second kappa shape index (κ2) is 4.80. The lowest BCUT2D eigenvalue weighted by molar-refractivity contribution is 0.178. The van der Waals surface area contributed by atoms with Gasteiger partial charge in [-0.05, 0) is 44.5 Å². The molecule has 0 saturated carbocycles. The lowest BCUT2D eigenvalue weighted by Crippen LogP contribution is -2.27. The highest BCUT2D eigenvalue weighted by Crippen LogP contribution is 2.20. The summed E-state index contributed by atoms with van der Waals surface area (Å²) >= 11 is 3.44. The van der Waals surface area contributed by atoms with Crippen LogP contribution in [-0.2, 0) is 0 Å². The molecule has 0 aromatic heterocycles. The predicted octanol–water partition coefficient (Wildman–Crippen LogP) is 2.94. The van der Waals surface area contributed by atoms with Gasteiger partial charge >= 0.3 is 0 Å². The van der Waals surface area contributed by atoms with E-state index in [1.807, 2.05) is 19.9 Å². The van der Waals surface area contributed by atoms with Crippen molar-refractivity contribution in [3.05, 3.63) is 28.2 Å². The highest BCUT2D eigenvalue weighted by Gasteiger charge is 2.08. The summed E-state index contributed by atoms with van der Waals surface area (Å²) in [4.78, 5) is 0. The number of anilines is 1. The van der Waals surface area contributed by atoms with Crippen molar-refractivity contribution in [3.63, 3.8) is 0 Å². The summed E-state index contributed by atoms with van der Waals surface area (Å²) < 4.78 is 1.05. The molecule has 2 nitrogen and oxygen atoms in total. The van der Waals surface area contributed by atoms with Crippen LogP contribution in [0, 0.1) is 6.92 Å². The monoisotopic (exact) mass is 257 g/mol. The smallest absolute Gasteiger partial charge is 0.0710 e. The van der Waals surface area contributed by atoms with Crippen molar-refractivity contribution in [1.29, 1.82) is 0 Å². The van der Waals surface area contributed by atoms with Crippen molar-refractivity contribution < 1.29 is 5.11 Å². The summed E-state index contributed by atoms with van der Waals surface area (Å²) in [6.45, 7) is 5.78. The van der Waals surface area contributed by atoms with Crippen LogP contribution in [0.5, 0.6) is 0 Å². The zero-order valence-corrected chi connectivity index (χ0v) is 10.3. The first kappa shape index (κ1) is 11.5. The van der Waals surface area contributed by atoms with E-state index in [0.717, 1.165) is 10.2 Å². The lowest BCUT2D eigenvalue weighted by atomic mass is 10.1. The highest BCUT2D eigenvalue weighted by molar-refractivity contribution is 9.10. The number of aliphatic hydroxyl groups excluding tert-OH is 1. The number of aliphatic hydroxyl groups is 1. The molecule has 0 fully saturated rings. The number of benzene rings is 1. The molecular formula is C11H16BrNO. The van der Waals surface area contributed by atoms with Crippen LogP contribution in [-0.4, -0.2) is 17.3 Å². The highest BCUT2D eigenvalue weighted by atomic mass is 79.9. The number of halogens is 1. The Morgan fingerprint density at radius 3 is 2.43 bits per heavy atom. The largest absolute Gasteiger partial charge is 0.391 e. The molecule has 0 spiro atoms. The van der Waals surface area contributed by atoms with Crippen LogP contribution in [0.15, 0.2) is 22.7 Å². The van der Waals surface area contributed by atoms with Crippen molar-refractivity contribution in [3.8, 4) is 0 Å². The number of hydrogen-bond acceptors (Lipinski definition) is 2. The molecule has 1 rings (SSSR count). The third-order valence-corrected chi connectivity index (χ3v) is 2.62. The minimum absolute atomic E-state index is 0.0590. The van der Waals surface area contributed by atoms with Gasteiger partial charge in [0.15, 0.2) is 0 Å². The quantitative estimate of drug-likeness (QED) is 0.873. The average molecular weight is 258 g/mol.